The van der Waals surface area contributed by atoms with Crippen molar-refractivity contribution < 1.29 is 9.50 Å². The van der Waals surface area contributed by atoms with E-state index in [9.17, 15) is 4.79 Å². The van der Waals surface area contributed by atoms with Crippen LogP contribution in [0.15, 0.2) is 0 Å². The van der Waals surface area contributed by atoms with Crippen molar-refractivity contribution in [3.63, 3.8) is 0 Å². The number of urea groups is 1. The molecule has 6 heavy (non-hydrogen) atoms. The summed E-state index contributed by atoms with van der Waals surface area (Å²) >= 11 is 0. The van der Waals surface area contributed by atoms with Crippen molar-refractivity contribution in [3.05, 3.63) is 0 Å². The van der Waals surface area contributed by atoms with Crippen molar-refractivity contribution in [1.82, 2.24) is 4.98 Å². The number of nitrogens with two attached hydrogens (primary N) is 1. The first-order chi connectivity index (χ1) is 2.27. The minimum absolute atomic E-state index is 0. The Balaban J connectivity index is 0. The summed E-state index contributed by atoms with van der Waals surface area (Å²) in [7, 11) is 0.649. The van der Waals surface area contributed by atoms with Crippen LogP contribution in [0.1, 0.15) is 0 Å². The van der Waals surface area contributed by atoms with E-state index < -0.39 is 6.03 Å². The molecule has 0 aliphatic carbocycles. The second-order valence-corrected chi connectivity index (χ2v) is 1.11. The predicted molar refractivity (Wildman–Crippen MR) is 25.2 cm³/mol. The zero-order valence-corrected chi connectivity index (χ0v) is 5.39. The highest BCUT2D eigenvalue weighted by atomic mass is 28.2. The highest BCUT2D eigenvalue weighted by molar-refractivity contribution is 6.13. The monoisotopic (exact) mass is 110 g/mol. The van der Waals surface area contributed by atoms with Gasteiger partial charge in [0, 0.05) is 0 Å². The number of carbonyl (C=O) groups is 1. The van der Waals surface area contributed by atoms with Crippen LogP contribution in [0.5, 0.6) is 0 Å². The average molecular weight is 110 g/mol. The van der Waals surface area contributed by atoms with E-state index in [0.29, 0.717) is 10.4 Å². The van der Waals surface area contributed by atoms with E-state index >= 15 is 0 Å². The van der Waals surface area contributed by atoms with Crippen molar-refractivity contribution in [2.24, 2.45) is 5.73 Å². The minimum atomic E-state index is -0.434. The zero-order valence-electron chi connectivity index (χ0n) is 3.39. The number of hydrogen-bond donors (Lipinski definition) is 2. The van der Waals surface area contributed by atoms with E-state index in [4.69, 9.17) is 0 Å². The molecular formula is CH7FN2OSi. The third kappa shape index (κ3) is 9.94. The maximum absolute atomic E-state index is 9.51. The minimum Gasteiger partial charge on any atom is -0.373 e. The molecule has 0 aliphatic rings. The summed E-state index contributed by atoms with van der Waals surface area (Å²) in [5.74, 6) is 0. The van der Waals surface area contributed by atoms with E-state index in [1.54, 1.807) is 0 Å². The van der Waals surface area contributed by atoms with E-state index in [1.807, 2.05) is 0 Å². The molecule has 0 rings (SSSR count). The van der Waals surface area contributed by atoms with Gasteiger partial charge in [-0.3, -0.25) is 9.50 Å². The zero-order chi connectivity index (χ0) is 4.28. The highest BCUT2D eigenvalue weighted by Gasteiger charge is 1.72. The molecule has 0 aromatic carbocycles. The first-order valence-electron chi connectivity index (χ1n) is 1.24. The topological polar surface area (TPSA) is 55.1 Å². The molecule has 0 saturated carbocycles. The van der Waals surface area contributed by atoms with Gasteiger partial charge < -0.3 is 10.7 Å². The Labute approximate surface area is 37.8 Å². The van der Waals surface area contributed by atoms with Crippen molar-refractivity contribution in [2.75, 3.05) is 0 Å². The number of rotatable bonds is 0. The molecule has 0 aliphatic heterocycles. The maximum Gasteiger partial charge on any atom is 0.303 e. The van der Waals surface area contributed by atoms with Gasteiger partial charge in [0.15, 0.2) is 0 Å². The normalized spacial score (nSPS) is 6.00. The van der Waals surface area contributed by atoms with Crippen LogP contribution in [-0.2, 0) is 0 Å². The van der Waals surface area contributed by atoms with Gasteiger partial charge in [0.25, 0.3) is 0 Å². The van der Waals surface area contributed by atoms with Crippen LogP contribution < -0.4 is 10.7 Å². The second-order valence-electron chi connectivity index (χ2n) is 0.614. The van der Waals surface area contributed by atoms with Crippen LogP contribution >= 0.6 is 0 Å². The lowest BCUT2D eigenvalue weighted by atomic mass is 11.2. The Morgan fingerprint density at radius 1 is 1.83 bits per heavy atom. The van der Waals surface area contributed by atoms with Crippen molar-refractivity contribution in [1.29, 1.82) is 0 Å². The lowest BCUT2D eigenvalue weighted by Crippen LogP contribution is -2.26. The Morgan fingerprint density at radius 2 is 2.00 bits per heavy atom. The van der Waals surface area contributed by atoms with Crippen LogP contribution in [-0.4, -0.2) is 16.4 Å². The van der Waals surface area contributed by atoms with Gasteiger partial charge in [-0.25, -0.2) is 0 Å². The van der Waals surface area contributed by atoms with Gasteiger partial charge in [-0.2, -0.15) is 0 Å². The molecule has 5 heteroatoms. The summed E-state index contributed by atoms with van der Waals surface area (Å²) in [4.78, 5) is 11.8. The fraction of sp³-hybridized carbons (Fsp3) is 0. The maximum atomic E-state index is 9.51. The summed E-state index contributed by atoms with van der Waals surface area (Å²) < 4.78 is 0. The molecule has 0 atom stereocenters. The third-order valence-electron chi connectivity index (χ3n) is 0.246. The Morgan fingerprint density at radius 3 is 2.00 bits per heavy atom. The molecule has 38 valence electrons. The number of halogens is 1. The standard InChI is InChI=1S/CH6N2OSi.FH/c2-1(4)3-5;/h5H3,(H3,2,3,4);1H. The molecular weight excluding hydrogens is 103 g/mol. The number of hydrogen-bond acceptors (Lipinski definition) is 1. The van der Waals surface area contributed by atoms with Gasteiger partial charge in [0.2, 0.25) is 0 Å². The molecule has 0 saturated heterocycles. The molecule has 0 unspecified atom stereocenters. The number of carbonyl (C=O) groups excluding carboxylic acids is 1. The summed E-state index contributed by atoms with van der Waals surface area (Å²) in [5, 5.41) is 0. The van der Waals surface area contributed by atoms with E-state index in [2.05, 4.69) is 10.7 Å². The van der Waals surface area contributed by atoms with Crippen molar-refractivity contribution >= 4 is 16.4 Å². The average Bonchev–Trinajstić information content (AvgIpc) is 1.38. The van der Waals surface area contributed by atoms with E-state index in [-0.39, 0.29) is 4.70 Å². The summed E-state index contributed by atoms with van der Waals surface area (Å²) in [6.45, 7) is 0. The van der Waals surface area contributed by atoms with Gasteiger partial charge in [-0.05, 0) is 0 Å². The fourth-order valence-corrected chi connectivity index (χ4v) is 0. The van der Waals surface area contributed by atoms with E-state index in [0.717, 1.165) is 0 Å². The van der Waals surface area contributed by atoms with E-state index in [1.165, 1.54) is 0 Å². The molecule has 0 aromatic rings. The number of primary amides is 1. The lowest BCUT2D eigenvalue weighted by Gasteiger charge is -1.80. The first-order valence-corrected chi connectivity index (χ1v) is 2.24. The quantitative estimate of drug-likeness (QED) is 0.351. The molecule has 0 bridgehead atoms. The molecule has 3 nitrogen and oxygen atoms in total. The number of amides is 2. The highest BCUT2D eigenvalue weighted by Crippen LogP contribution is 1.37. The molecule has 0 radical (unpaired) electrons. The van der Waals surface area contributed by atoms with Crippen LogP contribution in [0, 0.1) is 0 Å². The summed E-state index contributed by atoms with van der Waals surface area (Å²) in [6.07, 6.45) is 0. The predicted octanol–water partition coefficient (Wildman–Crippen LogP) is -1.91. The molecule has 0 heterocycles. The lowest BCUT2D eigenvalue weighted by molar-refractivity contribution is 0.254. The Bertz CT molecular complexity index is 48.8. The largest absolute Gasteiger partial charge is 0.373 e. The van der Waals surface area contributed by atoms with Crippen LogP contribution in [0.4, 0.5) is 9.50 Å². The summed E-state index contributed by atoms with van der Waals surface area (Å²) in [6, 6.07) is -0.434. The Hall–Kier alpha value is -0.583. The Kier molecular flexibility index (Phi) is 6.66. The molecule has 0 aromatic heterocycles. The number of nitrogens with one attached hydrogen (secondary N) is 1. The fourth-order valence-electron chi connectivity index (χ4n) is 0. The molecule has 3 N–H and O–H groups in total. The molecule has 0 fully saturated rings. The SMILES string of the molecule is F.NC(=O)N[SiH3]. The second kappa shape index (κ2) is 4.42. The molecule has 0 spiro atoms. The van der Waals surface area contributed by atoms with Gasteiger partial charge >= 0.3 is 6.03 Å². The van der Waals surface area contributed by atoms with Crippen LogP contribution in [0.3, 0.4) is 0 Å². The van der Waals surface area contributed by atoms with Crippen LogP contribution in [0.25, 0.3) is 0 Å². The van der Waals surface area contributed by atoms with Gasteiger partial charge in [0.1, 0.15) is 10.4 Å². The van der Waals surface area contributed by atoms with Gasteiger partial charge in [0.05, 0.1) is 0 Å². The van der Waals surface area contributed by atoms with Gasteiger partial charge in [-0.15, -0.1) is 0 Å². The van der Waals surface area contributed by atoms with Crippen molar-refractivity contribution in [2.45, 2.75) is 0 Å². The summed E-state index contributed by atoms with van der Waals surface area (Å²) in [5.41, 5.74) is 4.58. The van der Waals surface area contributed by atoms with Crippen LogP contribution in [0.2, 0.25) is 0 Å². The van der Waals surface area contributed by atoms with Crippen molar-refractivity contribution in [3.8, 4) is 0 Å². The first kappa shape index (κ1) is 9.05. The van der Waals surface area contributed by atoms with Gasteiger partial charge in [-0.1, -0.05) is 0 Å². The molecule has 2 amide bonds. The smallest absolute Gasteiger partial charge is 0.303 e. The third-order valence-corrected chi connectivity index (χ3v) is 0.739.